The van der Waals surface area contributed by atoms with Crippen LogP contribution in [0.5, 0.6) is 0 Å². The summed E-state index contributed by atoms with van der Waals surface area (Å²) in [5, 5.41) is 12.7. The summed E-state index contributed by atoms with van der Waals surface area (Å²) >= 11 is 6.17. The van der Waals surface area contributed by atoms with Crippen LogP contribution in [0.1, 0.15) is 25.3 Å². The molecular formula is C19H20ClN5O2. The molecule has 2 aromatic heterocycles. The lowest BCUT2D eigenvalue weighted by Gasteiger charge is -2.23. The van der Waals surface area contributed by atoms with E-state index in [0.29, 0.717) is 22.4 Å². The van der Waals surface area contributed by atoms with E-state index in [1.54, 1.807) is 27.9 Å². The van der Waals surface area contributed by atoms with Gasteiger partial charge < -0.3 is 9.32 Å². The number of aryl methyl sites for hydroxylation is 1. The zero-order chi connectivity index (χ0) is 19.4. The molecule has 0 saturated heterocycles. The fraction of sp³-hybridized carbons (Fsp3) is 0.263. The minimum Gasteiger partial charge on any atom is -0.419 e. The van der Waals surface area contributed by atoms with Crippen LogP contribution in [0.4, 0.5) is 0 Å². The SMILES string of the molecule is CC(C)N(Cc1nnc(-c2ccccc2Cl)o1)C(=O)/C=C\c1cnn(C)c1. The van der Waals surface area contributed by atoms with Gasteiger partial charge in [-0.25, -0.2) is 0 Å². The van der Waals surface area contributed by atoms with Crippen molar-refractivity contribution in [3.05, 3.63) is 59.2 Å². The number of benzene rings is 1. The van der Waals surface area contributed by atoms with Crippen molar-refractivity contribution in [1.82, 2.24) is 24.9 Å². The summed E-state index contributed by atoms with van der Waals surface area (Å²) < 4.78 is 7.39. The van der Waals surface area contributed by atoms with E-state index in [1.165, 1.54) is 6.08 Å². The standard InChI is InChI=1S/C19H20ClN5O2/c1-13(2)25(18(26)9-8-14-10-21-24(3)11-14)12-17-22-23-19(27-17)15-6-4-5-7-16(15)20/h4-11,13H,12H2,1-3H3/b9-8-. The van der Waals surface area contributed by atoms with Crippen LogP contribution in [0.15, 0.2) is 47.2 Å². The fourth-order valence-corrected chi connectivity index (χ4v) is 2.73. The predicted molar refractivity (Wildman–Crippen MR) is 103 cm³/mol. The van der Waals surface area contributed by atoms with E-state index in [-0.39, 0.29) is 18.5 Å². The Labute approximate surface area is 162 Å². The molecule has 0 aliphatic carbocycles. The maximum Gasteiger partial charge on any atom is 0.249 e. The van der Waals surface area contributed by atoms with Crippen molar-refractivity contribution in [2.45, 2.75) is 26.4 Å². The van der Waals surface area contributed by atoms with E-state index in [1.807, 2.05) is 45.3 Å². The highest BCUT2D eigenvalue weighted by molar-refractivity contribution is 6.33. The first-order valence-electron chi connectivity index (χ1n) is 8.48. The summed E-state index contributed by atoms with van der Waals surface area (Å²) in [6.07, 6.45) is 6.77. The normalized spacial score (nSPS) is 11.4. The van der Waals surface area contributed by atoms with Crippen LogP contribution in [-0.4, -0.2) is 36.8 Å². The summed E-state index contributed by atoms with van der Waals surface area (Å²) in [7, 11) is 1.83. The molecular weight excluding hydrogens is 366 g/mol. The zero-order valence-electron chi connectivity index (χ0n) is 15.3. The Kier molecular flexibility index (Phi) is 5.71. The van der Waals surface area contributed by atoms with Crippen LogP contribution in [0.3, 0.4) is 0 Å². The number of rotatable bonds is 6. The molecule has 140 valence electrons. The monoisotopic (exact) mass is 385 g/mol. The molecule has 1 aromatic carbocycles. The molecule has 3 rings (SSSR count). The van der Waals surface area contributed by atoms with E-state index < -0.39 is 0 Å². The first-order valence-corrected chi connectivity index (χ1v) is 8.86. The highest BCUT2D eigenvalue weighted by atomic mass is 35.5. The molecule has 0 fully saturated rings. The molecule has 0 aliphatic rings. The van der Waals surface area contributed by atoms with Crippen molar-refractivity contribution in [2.75, 3.05) is 0 Å². The minimum atomic E-state index is -0.147. The van der Waals surface area contributed by atoms with E-state index in [4.69, 9.17) is 16.0 Å². The van der Waals surface area contributed by atoms with Crippen LogP contribution in [0.25, 0.3) is 17.5 Å². The first kappa shape index (κ1) is 18.8. The molecule has 0 radical (unpaired) electrons. The van der Waals surface area contributed by atoms with Crippen LogP contribution >= 0.6 is 11.6 Å². The second-order valence-corrected chi connectivity index (χ2v) is 6.73. The molecule has 3 aromatic rings. The number of aromatic nitrogens is 4. The van der Waals surface area contributed by atoms with E-state index >= 15 is 0 Å². The Hall–Kier alpha value is -2.93. The highest BCUT2D eigenvalue weighted by Crippen LogP contribution is 2.26. The van der Waals surface area contributed by atoms with Crippen molar-refractivity contribution < 1.29 is 9.21 Å². The molecule has 8 heteroatoms. The van der Waals surface area contributed by atoms with Gasteiger partial charge in [0.15, 0.2) is 0 Å². The summed E-state index contributed by atoms with van der Waals surface area (Å²) in [5.41, 5.74) is 1.52. The molecule has 1 amide bonds. The molecule has 27 heavy (non-hydrogen) atoms. The van der Waals surface area contributed by atoms with Crippen LogP contribution in [0, 0.1) is 0 Å². The second kappa shape index (κ2) is 8.18. The summed E-state index contributed by atoms with van der Waals surface area (Å²) in [6, 6.07) is 7.21. The Morgan fingerprint density at radius 1 is 1.33 bits per heavy atom. The average molecular weight is 386 g/mol. The number of halogens is 1. The smallest absolute Gasteiger partial charge is 0.249 e. The Bertz CT molecular complexity index is 960. The second-order valence-electron chi connectivity index (χ2n) is 6.32. The lowest BCUT2D eigenvalue weighted by molar-refractivity contribution is -0.128. The Morgan fingerprint density at radius 2 is 2.11 bits per heavy atom. The van der Waals surface area contributed by atoms with Gasteiger partial charge in [0.25, 0.3) is 0 Å². The summed E-state index contributed by atoms with van der Waals surface area (Å²) in [5.74, 6) is 0.533. The average Bonchev–Trinajstić information content (AvgIpc) is 3.26. The van der Waals surface area contributed by atoms with Gasteiger partial charge in [0.2, 0.25) is 17.7 Å². The highest BCUT2D eigenvalue weighted by Gasteiger charge is 2.19. The third-order valence-corrected chi connectivity index (χ3v) is 4.26. The van der Waals surface area contributed by atoms with Crippen LogP contribution in [0.2, 0.25) is 5.02 Å². The van der Waals surface area contributed by atoms with Crippen molar-refractivity contribution in [3.63, 3.8) is 0 Å². The van der Waals surface area contributed by atoms with Gasteiger partial charge in [-0.05, 0) is 32.1 Å². The molecule has 0 N–H and O–H groups in total. The van der Waals surface area contributed by atoms with Gasteiger partial charge >= 0.3 is 0 Å². The summed E-state index contributed by atoms with van der Waals surface area (Å²) in [6.45, 7) is 4.08. The van der Waals surface area contributed by atoms with Gasteiger partial charge in [-0.3, -0.25) is 9.48 Å². The number of hydrogen-bond acceptors (Lipinski definition) is 5. The topological polar surface area (TPSA) is 77.1 Å². The van der Waals surface area contributed by atoms with Crippen molar-refractivity contribution >= 4 is 23.6 Å². The molecule has 0 atom stereocenters. The quantitative estimate of drug-likeness (QED) is 0.606. The lowest BCUT2D eigenvalue weighted by Crippen LogP contribution is -2.35. The molecule has 0 aliphatic heterocycles. The third-order valence-electron chi connectivity index (χ3n) is 3.93. The van der Waals surface area contributed by atoms with Crippen molar-refractivity contribution in [3.8, 4) is 11.5 Å². The first-order chi connectivity index (χ1) is 12.9. The minimum absolute atomic E-state index is 0.0355. The Morgan fingerprint density at radius 3 is 2.78 bits per heavy atom. The zero-order valence-corrected chi connectivity index (χ0v) is 16.1. The van der Waals surface area contributed by atoms with Crippen molar-refractivity contribution in [1.29, 1.82) is 0 Å². The summed E-state index contributed by atoms with van der Waals surface area (Å²) in [4.78, 5) is 14.3. The van der Waals surface area contributed by atoms with Crippen molar-refractivity contribution in [2.24, 2.45) is 7.05 Å². The van der Waals surface area contributed by atoms with Crippen LogP contribution in [-0.2, 0) is 18.4 Å². The van der Waals surface area contributed by atoms with Gasteiger partial charge in [0.1, 0.15) is 0 Å². The van der Waals surface area contributed by atoms with E-state index in [9.17, 15) is 4.79 Å². The maximum absolute atomic E-state index is 12.6. The van der Waals surface area contributed by atoms with Gasteiger partial charge in [-0.2, -0.15) is 5.10 Å². The predicted octanol–water partition coefficient (Wildman–Crippen LogP) is 3.57. The van der Waals surface area contributed by atoms with Gasteiger partial charge in [0, 0.05) is 30.9 Å². The van der Waals surface area contributed by atoms with Crippen LogP contribution < -0.4 is 0 Å². The van der Waals surface area contributed by atoms with E-state index in [0.717, 1.165) is 5.56 Å². The fourth-order valence-electron chi connectivity index (χ4n) is 2.51. The molecule has 2 heterocycles. The van der Waals surface area contributed by atoms with Gasteiger partial charge in [-0.1, -0.05) is 23.7 Å². The lowest BCUT2D eigenvalue weighted by atomic mass is 10.2. The molecule has 0 spiro atoms. The number of nitrogens with zero attached hydrogens (tertiary/aromatic N) is 5. The molecule has 0 saturated carbocycles. The number of carbonyl (C=O) groups is 1. The molecule has 0 bridgehead atoms. The number of hydrogen-bond donors (Lipinski definition) is 0. The van der Waals surface area contributed by atoms with Gasteiger partial charge in [-0.15, -0.1) is 10.2 Å². The molecule has 7 nitrogen and oxygen atoms in total. The molecule has 0 unspecified atom stereocenters. The number of carbonyl (C=O) groups excluding carboxylic acids is 1. The number of amides is 1. The maximum atomic E-state index is 12.6. The van der Waals surface area contributed by atoms with E-state index in [2.05, 4.69) is 15.3 Å². The Balaban J connectivity index is 1.74. The third kappa shape index (κ3) is 4.62. The largest absolute Gasteiger partial charge is 0.419 e. The van der Waals surface area contributed by atoms with Gasteiger partial charge in [0.05, 0.1) is 23.3 Å².